The number of rotatable bonds is 5. The summed E-state index contributed by atoms with van der Waals surface area (Å²) in [6.07, 6.45) is 2.00. The molecule has 0 aromatic rings. The van der Waals surface area contributed by atoms with E-state index >= 15 is 0 Å². The van der Waals surface area contributed by atoms with E-state index in [2.05, 4.69) is 5.32 Å². The molecule has 0 aliphatic rings. The molecule has 0 heterocycles. The van der Waals surface area contributed by atoms with Crippen molar-refractivity contribution in [2.24, 2.45) is 11.7 Å². The predicted molar refractivity (Wildman–Crippen MR) is 66.1 cm³/mol. The van der Waals surface area contributed by atoms with E-state index in [-0.39, 0.29) is 29.8 Å². The van der Waals surface area contributed by atoms with Crippen LogP contribution >= 0.6 is 24.2 Å². The van der Waals surface area contributed by atoms with Gasteiger partial charge in [-0.15, -0.1) is 12.4 Å². The molecule has 0 aromatic heterocycles. The summed E-state index contributed by atoms with van der Waals surface area (Å²) in [4.78, 5) is 11.4. The van der Waals surface area contributed by atoms with Crippen molar-refractivity contribution in [1.29, 1.82) is 0 Å². The first-order valence-electron chi connectivity index (χ1n) is 4.42. The molecule has 3 nitrogen and oxygen atoms in total. The molecule has 1 amide bonds. The maximum absolute atomic E-state index is 11.4. The first-order chi connectivity index (χ1) is 5.87. The Morgan fingerprint density at radius 2 is 2.07 bits per heavy atom. The molecule has 0 aliphatic carbocycles. The number of hydrogen-bond donors (Lipinski definition) is 2. The molecule has 0 spiro atoms. The van der Waals surface area contributed by atoms with E-state index < -0.39 is 0 Å². The van der Waals surface area contributed by atoms with Crippen LogP contribution in [-0.4, -0.2) is 30.0 Å². The van der Waals surface area contributed by atoms with Crippen molar-refractivity contribution in [2.45, 2.75) is 26.3 Å². The van der Waals surface area contributed by atoms with Crippen LogP contribution in [0.25, 0.3) is 0 Å². The molecule has 86 valence electrons. The van der Waals surface area contributed by atoms with Crippen LogP contribution in [0.15, 0.2) is 0 Å². The first-order valence-corrected chi connectivity index (χ1v) is 5.81. The Balaban J connectivity index is 0. The molecule has 0 radical (unpaired) electrons. The summed E-state index contributed by atoms with van der Waals surface area (Å²) >= 11 is 1.68. The Labute approximate surface area is 97.0 Å². The second-order valence-corrected chi connectivity index (χ2v) is 4.97. The number of nitrogens with two attached hydrogens (primary N) is 1. The van der Waals surface area contributed by atoms with Crippen molar-refractivity contribution in [3.8, 4) is 0 Å². The SMILES string of the molecule is CSCC(C)C(=O)NCC(C)(C)N.Cl. The molecule has 0 rings (SSSR count). The second kappa shape index (κ2) is 7.37. The molecule has 0 saturated carbocycles. The van der Waals surface area contributed by atoms with E-state index in [0.717, 1.165) is 5.75 Å². The third-order valence-electron chi connectivity index (χ3n) is 1.58. The topological polar surface area (TPSA) is 55.1 Å². The van der Waals surface area contributed by atoms with Crippen molar-refractivity contribution < 1.29 is 4.79 Å². The fourth-order valence-corrected chi connectivity index (χ4v) is 1.47. The highest BCUT2D eigenvalue weighted by Gasteiger charge is 2.15. The fraction of sp³-hybridized carbons (Fsp3) is 0.889. The summed E-state index contributed by atoms with van der Waals surface area (Å²) in [6, 6.07) is 0. The van der Waals surface area contributed by atoms with Gasteiger partial charge in [-0.05, 0) is 20.1 Å². The van der Waals surface area contributed by atoms with Crippen LogP contribution in [0.5, 0.6) is 0 Å². The fourth-order valence-electron chi connectivity index (χ4n) is 0.815. The zero-order valence-electron chi connectivity index (χ0n) is 9.29. The van der Waals surface area contributed by atoms with Gasteiger partial charge in [0.1, 0.15) is 0 Å². The molecule has 0 aromatic carbocycles. The Bertz CT molecular complexity index is 171. The lowest BCUT2D eigenvalue weighted by molar-refractivity contribution is -0.124. The number of nitrogens with one attached hydrogen (secondary N) is 1. The molecule has 0 saturated heterocycles. The van der Waals surface area contributed by atoms with Gasteiger partial charge in [0.25, 0.3) is 0 Å². The predicted octanol–water partition coefficient (Wildman–Crippen LogP) is 1.26. The third kappa shape index (κ3) is 8.66. The van der Waals surface area contributed by atoms with E-state index in [1.54, 1.807) is 11.8 Å². The molecular weight excluding hydrogens is 220 g/mol. The van der Waals surface area contributed by atoms with Crippen molar-refractivity contribution in [3.63, 3.8) is 0 Å². The number of thioether (sulfide) groups is 1. The van der Waals surface area contributed by atoms with Gasteiger partial charge in [-0.2, -0.15) is 11.8 Å². The van der Waals surface area contributed by atoms with Crippen LogP contribution in [0.2, 0.25) is 0 Å². The highest BCUT2D eigenvalue weighted by Crippen LogP contribution is 2.04. The van der Waals surface area contributed by atoms with Gasteiger partial charge in [0.15, 0.2) is 0 Å². The molecule has 5 heteroatoms. The first kappa shape index (κ1) is 16.5. The van der Waals surface area contributed by atoms with Crippen molar-refractivity contribution in [1.82, 2.24) is 5.32 Å². The maximum Gasteiger partial charge on any atom is 0.223 e. The molecular formula is C9H21ClN2OS. The van der Waals surface area contributed by atoms with Gasteiger partial charge < -0.3 is 11.1 Å². The Kier molecular flexibility index (Phi) is 8.69. The highest BCUT2D eigenvalue weighted by molar-refractivity contribution is 7.98. The van der Waals surface area contributed by atoms with Gasteiger partial charge in [-0.1, -0.05) is 6.92 Å². The number of carbonyl (C=O) groups is 1. The Hall–Kier alpha value is 0.0700. The smallest absolute Gasteiger partial charge is 0.223 e. The van der Waals surface area contributed by atoms with Crippen LogP contribution in [0.1, 0.15) is 20.8 Å². The summed E-state index contributed by atoms with van der Waals surface area (Å²) in [6.45, 7) is 6.25. The van der Waals surface area contributed by atoms with Gasteiger partial charge in [0.2, 0.25) is 5.91 Å². The number of carbonyl (C=O) groups excluding carboxylic acids is 1. The monoisotopic (exact) mass is 240 g/mol. The molecule has 14 heavy (non-hydrogen) atoms. The van der Waals surface area contributed by atoms with Gasteiger partial charge in [-0.25, -0.2) is 0 Å². The zero-order chi connectivity index (χ0) is 10.5. The highest BCUT2D eigenvalue weighted by atomic mass is 35.5. The zero-order valence-corrected chi connectivity index (χ0v) is 10.9. The lowest BCUT2D eigenvalue weighted by Crippen LogP contribution is -2.46. The van der Waals surface area contributed by atoms with Crippen LogP contribution in [0, 0.1) is 5.92 Å². The van der Waals surface area contributed by atoms with Crippen molar-refractivity contribution >= 4 is 30.1 Å². The lowest BCUT2D eigenvalue weighted by Gasteiger charge is -2.20. The van der Waals surface area contributed by atoms with Crippen molar-refractivity contribution in [2.75, 3.05) is 18.6 Å². The van der Waals surface area contributed by atoms with Crippen LogP contribution < -0.4 is 11.1 Å². The minimum atomic E-state index is -0.325. The van der Waals surface area contributed by atoms with Crippen LogP contribution in [-0.2, 0) is 4.79 Å². The number of amides is 1. The van der Waals surface area contributed by atoms with Gasteiger partial charge in [-0.3, -0.25) is 4.79 Å². The van der Waals surface area contributed by atoms with Crippen LogP contribution in [0.3, 0.4) is 0 Å². The van der Waals surface area contributed by atoms with Gasteiger partial charge >= 0.3 is 0 Å². The van der Waals surface area contributed by atoms with E-state index in [1.165, 1.54) is 0 Å². The molecule has 0 aliphatic heterocycles. The Morgan fingerprint density at radius 1 is 1.57 bits per heavy atom. The average Bonchev–Trinajstić information content (AvgIpc) is 1.99. The van der Waals surface area contributed by atoms with E-state index in [9.17, 15) is 4.79 Å². The van der Waals surface area contributed by atoms with Crippen molar-refractivity contribution in [3.05, 3.63) is 0 Å². The summed E-state index contributed by atoms with van der Waals surface area (Å²) in [5.74, 6) is 1.02. The van der Waals surface area contributed by atoms with Crippen LogP contribution in [0.4, 0.5) is 0 Å². The normalized spacial score (nSPS) is 12.9. The summed E-state index contributed by atoms with van der Waals surface area (Å²) < 4.78 is 0. The summed E-state index contributed by atoms with van der Waals surface area (Å²) in [5, 5.41) is 2.83. The average molecular weight is 241 g/mol. The third-order valence-corrected chi connectivity index (χ3v) is 2.42. The summed E-state index contributed by atoms with van der Waals surface area (Å²) in [7, 11) is 0. The maximum atomic E-state index is 11.4. The second-order valence-electron chi connectivity index (χ2n) is 4.06. The van der Waals surface area contributed by atoms with E-state index in [1.807, 2.05) is 27.0 Å². The molecule has 1 atom stereocenters. The largest absolute Gasteiger partial charge is 0.354 e. The quantitative estimate of drug-likeness (QED) is 0.761. The minimum Gasteiger partial charge on any atom is -0.354 e. The number of halogens is 1. The lowest BCUT2D eigenvalue weighted by atomic mass is 10.1. The molecule has 1 unspecified atom stereocenters. The molecule has 0 fully saturated rings. The van der Waals surface area contributed by atoms with Gasteiger partial charge in [0, 0.05) is 23.8 Å². The standard InChI is InChI=1S/C9H20N2OS.ClH/c1-7(5-13-4)8(12)11-6-9(2,3)10;/h7H,5-6,10H2,1-4H3,(H,11,12);1H. The molecule has 0 bridgehead atoms. The molecule has 3 N–H and O–H groups in total. The van der Waals surface area contributed by atoms with E-state index in [0.29, 0.717) is 6.54 Å². The minimum absolute atomic E-state index is 0. The van der Waals surface area contributed by atoms with Gasteiger partial charge in [0.05, 0.1) is 0 Å². The number of hydrogen-bond acceptors (Lipinski definition) is 3. The Morgan fingerprint density at radius 3 is 2.43 bits per heavy atom. The van der Waals surface area contributed by atoms with E-state index in [4.69, 9.17) is 5.73 Å². The summed E-state index contributed by atoms with van der Waals surface area (Å²) in [5.41, 5.74) is 5.41.